The van der Waals surface area contributed by atoms with E-state index in [1.807, 2.05) is 0 Å². The summed E-state index contributed by atoms with van der Waals surface area (Å²) in [5, 5.41) is 19.6. The van der Waals surface area contributed by atoms with Crippen molar-refractivity contribution >= 4 is 21.9 Å². The summed E-state index contributed by atoms with van der Waals surface area (Å²) in [6.45, 7) is 1.73. The molecule has 0 bridgehead atoms. The number of halogens is 1. The van der Waals surface area contributed by atoms with Crippen LogP contribution in [0.1, 0.15) is 17.2 Å². The van der Waals surface area contributed by atoms with Crippen LogP contribution in [0.4, 0.5) is 0 Å². The molecule has 5 nitrogen and oxygen atoms in total. The van der Waals surface area contributed by atoms with Crippen LogP contribution in [0.15, 0.2) is 10.5 Å². The lowest BCUT2D eigenvalue weighted by Gasteiger charge is -2.16. The van der Waals surface area contributed by atoms with E-state index in [0.29, 0.717) is 10.0 Å². The van der Waals surface area contributed by atoms with Crippen LogP contribution in [-0.4, -0.2) is 30.4 Å². The Balaban J connectivity index is 3.35. The lowest BCUT2D eigenvalue weighted by atomic mass is 10.0. The van der Waals surface area contributed by atoms with Gasteiger partial charge in [-0.05, 0) is 13.0 Å². The van der Waals surface area contributed by atoms with Gasteiger partial charge in [-0.15, -0.1) is 0 Å². The second kappa shape index (κ2) is 5.37. The number of carbonyl (C=O) groups is 1. The molecule has 0 aliphatic heterocycles. The smallest absolute Gasteiger partial charge is 0.339 e. The normalized spacial score (nSPS) is 12.1. The Morgan fingerprint density at radius 3 is 2.53 bits per heavy atom. The number of esters is 1. The predicted octanol–water partition coefficient (Wildman–Crippen LogP) is 1.68. The summed E-state index contributed by atoms with van der Waals surface area (Å²) in [6.07, 6.45) is -1.55. The second-order valence-electron chi connectivity index (χ2n) is 3.38. The van der Waals surface area contributed by atoms with Crippen molar-refractivity contribution < 1.29 is 24.5 Å². The molecule has 0 saturated carbocycles. The van der Waals surface area contributed by atoms with Gasteiger partial charge in [-0.2, -0.15) is 0 Å². The highest BCUT2D eigenvalue weighted by Crippen LogP contribution is 2.40. The summed E-state index contributed by atoms with van der Waals surface area (Å²) in [5.41, 5.74) is 0.706. The first-order valence-electron chi connectivity index (χ1n) is 4.75. The van der Waals surface area contributed by atoms with Crippen molar-refractivity contribution in [3.63, 3.8) is 0 Å². The number of rotatable bonds is 3. The zero-order chi connectivity index (χ0) is 13.2. The third kappa shape index (κ3) is 2.53. The number of phenols is 1. The van der Waals surface area contributed by atoms with E-state index in [1.54, 1.807) is 6.92 Å². The molecule has 1 rings (SSSR count). The maximum absolute atomic E-state index is 11.2. The Morgan fingerprint density at radius 2 is 2.06 bits per heavy atom. The molecule has 1 unspecified atom stereocenters. The number of aromatic hydroxyl groups is 1. The Bertz CT molecular complexity index is 444. The Kier molecular flexibility index (Phi) is 4.36. The minimum atomic E-state index is -1.55. The molecule has 0 fully saturated rings. The van der Waals surface area contributed by atoms with Gasteiger partial charge in [-0.3, -0.25) is 0 Å². The summed E-state index contributed by atoms with van der Waals surface area (Å²) in [6, 6.07) is 1.45. The van der Waals surface area contributed by atoms with E-state index in [9.17, 15) is 15.0 Å². The third-order valence-electron chi connectivity index (χ3n) is 2.39. The SMILES string of the molecule is COC(=O)C(O)c1cc(Br)c(C)c(OC)c1O. The maximum Gasteiger partial charge on any atom is 0.339 e. The summed E-state index contributed by atoms with van der Waals surface area (Å²) < 4.78 is 10.0. The van der Waals surface area contributed by atoms with Crippen molar-refractivity contribution in [3.8, 4) is 11.5 Å². The highest BCUT2D eigenvalue weighted by Gasteiger charge is 2.25. The van der Waals surface area contributed by atoms with Gasteiger partial charge in [0.2, 0.25) is 0 Å². The van der Waals surface area contributed by atoms with Gasteiger partial charge in [0.25, 0.3) is 0 Å². The fourth-order valence-corrected chi connectivity index (χ4v) is 1.85. The molecule has 0 spiro atoms. The number of carbonyl (C=O) groups excluding carboxylic acids is 1. The van der Waals surface area contributed by atoms with E-state index in [1.165, 1.54) is 13.2 Å². The summed E-state index contributed by atoms with van der Waals surface area (Å²) in [4.78, 5) is 11.2. The number of aliphatic hydroxyl groups excluding tert-OH is 1. The van der Waals surface area contributed by atoms with E-state index < -0.39 is 12.1 Å². The number of phenolic OH excluding ortho intramolecular Hbond substituents is 1. The zero-order valence-electron chi connectivity index (χ0n) is 9.65. The van der Waals surface area contributed by atoms with Crippen molar-refractivity contribution in [2.75, 3.05) is 14.2 Å². The Hall–Kier alpha value is -1.27. The van der Waals surface area contributed by atoms with Crippen LogP contribution in [0, 0.1) is 6.92 Å². The third-order valence-corrected chi connectivity index (χ3v) is 3.22. The second-order valence-corrected chi connectivity index (χ2v) is 4.23. The molecule has 94 valence electrons. The highest BCUT2D eigenvalue weighted by molar-refractivity contribution is 9.10. The van der Waals surface area contributed by atoms with Crippen molar-refractivity contribution in [2.45, 2.75) is 13.0 Å². The molecule has 1 atom stereocenters. The molecule has 1 aromatic rings. The first kappa shape index (κ1) is 13.8. The average molecular weight is 305 g/mol. The monoisotopic (exact) mass is 304 g/mol. The molecule has 0 saturated heterocycles. The average Bonchev–Trinajstić information content (AvgIpc) is 2.32. The molecular formula is C11H13BrO5. The van der Waals surface area contributed by atoms with Gasteiger partial charge in [0.05, 0.1) is 14.2 Å². The lowest BCUT2D eigenvalue weighted by molar-refractivity contribution is -0.150. The van der Waals surface area contributed by atoms with Gasteiger partial charge in [0, 0.05) is 15.6 Å². The Morgan fingerprint density at radius 1 is 1.47 bits per heavy atom. The van der Waals surface area contributed by atoms with Gasteiger partial charge in [0.15, 0.2) is 17.6 Å². The van der Waals surface area contributed by atoms with E-state index in [4.69, 9.17) is 4.74 Å². The maximum atomic E-state index is 11.2. The summed E-state index contributed by atoms with van der Waals surface area (Å²) in [5.74, 6) is -0.915. The molecule has 6 heteroatoms. The number of hydrogen-bond acceptors (Lipinski definition) is 5. The van der Waals surface area contributed by atoms with E-state index >= 15 is 0 Å². The van der Waals surface area contributed by atoms with Gasteiger partial charge in [-0.1, -0.05) is 15.9 Å². The van der Waals surface area contributed by atoms with Gasteiger partial charge >= 0.3 is 5.97 Å². The molecule has 0 amide bonds. The van der Waals surface area contributed by atoms with Gasteiger partial charge in [0.1, 0.15) is 0 Å². The molecule has 1 aromatic carbocycles. The molecule has 0 aliphatic rings. The van der Waals surface area contributed by atoms with Crippen LogP contribution in [0.5, 0.6) is 11.5 Å². The van der Waals surface area contributed by atoms with Crippen LogP contribution in [0.3, 0.4) is 0 Å². The van der Waals surface area contributed by atoms with E-state index in [-0.39, 0.29) is 17.1 Å². The predicted molar refractivity (Wildman–Crippen MR) is 64.1 cm³/mol. The first-order valence-corrected chi connectivity index (χ1v) is 5.55. The van der Waals surface area contributed by atoms with Crippen LogP contribution < -0.4 is 4.74 Å². The fraction of sp³-hybridized carbons (Fsp3) is 0.364. The van der Waals surface area contributed by atoms with Gasteiger partial charge < -0.3 is 19.7 Å². The van der Waals surface area contributed by atoms with Crippen LogP contribution >= 0.6 is 15.9 Å². The number of methoxy groups -OCH3 is 2. The minimum Gasteiger partial charge on any atom is -0.504 e. The van der Waals surface area contributed by atoms with Crippen molar-refractivity contribution in [1.29, 1.82) is 0 Å². The van der Waals surface area contributed by atoms with E-state index in [0.717, 1.165) is 7.11 Å². The first-order chi connectivity index (χ1) is 7.93. The van der Waals surface area contributed by atoms with Crippen molar-refractivity contribution in [2.24, 2.45) is 0 Å². The minimum absolute atomic E-state index is 0.0335. The molecule has 17 heavy (non-hydrogen) atoms. The van der Waals surface area contributed by atoms with Crippen LogP contribution in [-0.2, 0) is 9.53 Å². The molecule has 0 aliphatic carbocycles. The number of benzene rings is 1. The van der Waals surface area contributed by atoms with Crippen LogP contribution in [0.2, 0.25) is 0 Å². The largest absolute Gasteiger partial charge is 0.504 e. The highest BCUT2D eigenvalue weighted by atomic mass is 79.9. The fourth-order valence-electron chi connectivity index (χ4n) is 1.43. The molecule has 0 radical (unpaired) electrons. The van der Waals surface area contributed by atoms with Crippen LogP contribution in [0.25, 0.3) is 0 Å². The lowest BCUT2D eigenvalue weighted by Crippen LogP contribution is -2.14. The number of aliphatic hydroxyl groups is 1. The van der Waals surface area contributed by atoms with Crippen molar-refractivity contribution in [3.05, 3.63) is 21.7 Å². The molecule has 2 N–H and O–H groups in total. The molecule has 0 heterocycles. The Labute approximate surface area is 107 Å². The van der Waals surface area contributed by atoms with E-state index in [2.05, 4.69) is 20.7 Å². The van der Waals surface area contributed by atoms with Gasteiger partial charge in [-0.25, -0.2) is 4.79 Å². The molecule has 0 aromatic heterocycles. The number of ether oxygens (including phenoxy) is 2. The summed E-state index contributed by atoms with van der Waals surface area (Å²) >= 11 is 3.26. The van der Waals surface area contributed by atoms with Crippen molar-refractivity contribution in [1.82, 2.24) is 0 Å². The zero-order valence-corrected chi connectivity index (χ0v) is 11.2. The number of hydrogen-bond donors (Lipinski definition) is 2. The quantitative estimate of drug-likeness (QED) is 0.831. The topological polar surface area (TPSA) is 76.0 Å². The standard InChI is InChI=1S/C11H13BrO5/c1-5-7(12)4-6(8(13)10(5)16-2)9(14)11(15)17-3/h4,9,13-14H,1-3H3. The molecular weight excluding hydrogens is 292 g/mol. The summed E-state index contributed by atoms with van der Waals surface area (Å²) in [7, 11) is 2.55.